The minimum atomic E-state index is -0.343. The molecule has 0 unspecified atom stereocenters. The molecule has 0 radical (unpaired) electrons. The number of amides is 1. The topological polar surface area (TPSA) is 68.4 Å². The first-order chi connectivity index (χ1) is 15.6. The Morgan fingerprint density at radius 1 is 1.03 bits per heavy atom. The average Bonchev–Trinajstić information content (AvgIpc) is 3.20. The first-order valence-electron chi connectivity index (χ1n) is 10.8. The Labute approximate surface area is 184 Å². The van der Waals surface area contributed by atoms with Gasteiger partial charge in [0.25, 0.3) is 11.5 Å². The van der Waals surface area contributed by atoms with E-state index in [0.29, 0.717) is 23.2 Å². The zero-order valence-corrected chi connectivity index (χ0v) is 17.6. The van der Waals surface area contributed by atoms with Gasteiger partial charge in [-0.1, -0.05) is 30.3 Å². The van der Waals surface area contributed by atoms with Crippen LogP contribution in [0.4, 0.5) is 4.39 Å². The summed E-state index contributed by atoms with van der Waals surface area (Å²) in [6.45, 7) is 0.532. The predicted molar refractivity (Wildman–Crippen MR) is 119 cm³/mol. The molecule has 0 saturated carbocycles. The first-order valence-corrected chi connectivity index (χ1v) is 10.8. The Morgan fingerprint density at radius 2 is 1.81 bits per heavy atom. The third-order valence-electron chi connectivity index (χ3n) is 6.00. The summed E-state index contributed by atoms with van der Waals surface area (Å²) in [4.78, 5) is 25.5. The molecule has 1 N–H and O–H groups in total. The van der Waals surface area contributed by atoms with E-state index in [2.05, 4.69) is 10.4 Å². The van der Waals surface area contributed by atoms with E-state index in [1.54, 1.807) is 45.6 Å². The van der Waals surface area contributed by atoms with E-state index < -0.39 is 0 Å². The van der Waals surface area contributed by atoms with Crippen molar-refractivity contribution in [1.29, 1.82) is 0 Å². The molecule has 32 heavy (non-hydrogen) atoms. The smallest absolute Gasteiger partial charge is 0.277 e. The molecular formula is C25H23FN4O2. The fourth-order valence-electron chi connectivity index (χ4n) is 4.26. The van der Waals surface area contributed by atoms with Crippen LogP contribution in [-0.4, -0.2) is 20.1 Å². The highest BCUT2D eigenvalue weighted by molar-refractivity contribution is 5.94. The van der Waals surface area contributed by atoms with Gasteiger partial charge in [0, 0.05) is 35.6 Å². The third kappa shape index (κ3) is 3.82. The number of aryl methyl sites for hydroxylation is 2. The normalized spacial score (nSPS) is 13.2. The van der Waals surface area contributed by atoms with E-state index in [1.807, 2.05) is 18.3 Å². The maximum Gasteiger partial charge on any atom is 0.277 e. The van der Waals surface area contributed by atoms with Gasteiger partial charge in [0.1, 0.15) is 11.3 Å². The molecule has 6 nitrogen and oxygen atoms in total. The van der Waals surface area contributed by atoms with Crippen molar-refractivity contribution in [3.05, 3.63) is 105 Å². The van der Waals surface area contributed by atoms with Crippen molar-refractivity contribution in [2.45, 2.75) is 38.8 Å². The van der Waals surface area contributed by atoms with E-state index in [0.717, 1.165) is 42.5 Å². The van der Waals surface area contributed by atoms with E-state index in [4.69, 9.17) is 0 Å². The number of carbonyl (C=O) groups is 1. The summed E-state index contributed by atoms with van der Waals surface area (Å²) in [6, 6.07) is 13.5. The minimum absolute atomic E-state index is 0.0464. The summed E-state index contributed by atoms with van der Waals surface area (Å²) in [7, 11) is 0. The summed E-state index contributed by atoms with van der Waals surface area (Å²) in [5, 5.41) is 7.31. The van der Waals surface area contributed by atoms with Crippen LogP contribution in [0.2, 0.25) is 0 Å². The SMILES string of the molecule is O=C(NCc1ccccc1F)c1ccc(Cn2ccn3nc4c(c3c2=O)CCCC4)cc1. The molecule has 0 bridgehead atoms. The van der Waals surface area contributed by atoms with Crippen LogP contribution in [0.25, 0.3) is 5.52 Å². The molecule has 0 spiro atoms. The largest absolute Gasteiger partial charge is 0.348 e. The molecule has 5 rings (SSSR count). The second kappa shape index (κ2) is 8.42. The second-order valence-electron chi connectivity index (χ2n) is 8.13. The van der Waals surface area contributed by atoms with Gasteiger partial charge in [-0.15, -0.1) is 0 Å². The van der Waals surface area contributed by atoms with Gasteiger partial charge in [-0.25, -0.2) is 8.91 Å². The van der Waals surface area contributed by atoms with Crippen LogP contribution < -0.4 is 10.9 Å². The number of nitrogens with one attached hydrogen (secondary N) is 1. The van der Waals surface area contributed by atoms with Gasteiger partial charge >= 0.3 is 0 Å². The van der Waals surface area contributed by atoms with Crippen LogP contribution >= 0.6 is 0 Å². The number of nitrogens with zero attached hydrogens (tertiary/aromatic N) is 3. The van der Waals surface area contributed by atoms with Gasteiger partial charge in [0.2, 0.25) is 0 Å². The summed E-state index contributed by atoms with van der Waals surface area (Å²) >= 11 is 0. The highest BCUT2D eigenvalue weighted by Gasteiger charge is 2.19. The molecule has 0 aliphatic heterocycles. The van der Waals surface area contributed by atoms with E-state index in [1.165, 1.54) is 6.07 Å². The monoisotopic (exact) mass is 430 g/mol. The summed E-state index contributed by atoms with van der Waals surface area (Å²) < 4.78 is 17.1. The zero-order valence-electron chi connectivity index (χ0n) is 17.6. The third-order valence-corrected chi connectivity index (χ3v) is 6.00. The number of halogens is 1. The molecule has 0 saturated heterocycles. The van der Waals surface area contributed by atoms with Crippen LogP contribution in [0, 0.1) is 5.82 Å². The molecule has 7 heteroatoms. The van der Waals surface area contributed by atoms with Crippen molar-refractivity contribution >= 4 is 11.4 Å². The lowest BCUT2D eigenvalue weighted by Gasteiger charge is -2.10. The van der Waals surface area contributed by atoms with Gasteiger partial charge in [-0.05, 0) is 49.4 Å². The van der Waals surface area contributed by atoms with Crippen LogP contribution in [0.15, 0.2) is 65.7 Å². The lowest BCUT2D eigenvalue weighted by atomic mass is 9.97. The number of aromatic nitrogens is 3. The fraction of sp³-hybridized carbons (Fsp3) is 0.240. The van der Waals surface area contributed by atoms with E-state index >= 15 is 0 Å². The highest BCUT2D eigenvalue weighted by Crippen LogP contribution is 2.22. The fourth-order valence-corrected chi connectivity index (χ4v) is 4.26. The minimum Gasteiger partial charge on any atom is -0.348 e. The van der Waals surface area contributed by atoms with Crippen LogP contribution in [0.1, 0.15) is 45.6 Å². The Balaban J connectivity index is 1.31. The van der Waals surface area contributed by atoms with E-state index in [9.17, 15) is 14.0 Å². The number of benzene rings is 2. The Kier molecular flexibility index (Phi) is 5.31. The van der Waals surface area contributed by atoms with Crippen molar-refractivity contribution in [1.82, 2.24) is 19.5 Å². The quantitative estimate of drug-likeness (QED) is 0.527. The molecule has 1 amide bonds. The summed E-state index contributed by atoms with van der Waals surface area (Å²) in [5.41, 5.74) is 4.58. The molecule has 2 aromatic heterocycles. The zero-order chi connectivity index (χ0) is 22.1. The number of carbonyl (C=O) groups excluding carboxylic acids is 1. The number of rotatable bonds is 5. The lowest BCUT2D eigenvalue weighted by molar-refractivity contribution is 0.0950. The molecule has 1 aliphatic rings. The van der Waals surface area contributed by atoms with Gasteiger partial charge in [0.05, 0.1) is 12.2 Å². The molecule has 0 atom stereocenters. The molecule has 162 valence electrons. The summed E-state index contributed by atoms with van der Waals surface area (Å²) in [5.74, 6) is -0.616. The summed E-state index contributed by atoms with van der Waals surface area (Å²) in [6.07, 6.45) is 7.61. The second-order valence-corrected chi connectivity index (χ2v) is 8.13. The van der Waals surface area contributed by atoms with Crippen molar-refractivity contribution in [2.75, 3.05) is 0 Å². The standard InChI is InChI=1S/C25H23FN4O2/c26-21-7-3-1-5-19(21)15-27-24(31)18-11-9-17(10-12-18)16-29-13-14-30-23(25(29)32)20-6-2-4-8-22(20)28-30/h1,3,5,7,9-14H,2,4,6,8,15-16H2,(H,27,31). The molecule has 2 heterocycles. The molecular weight excluding hydrogens is 407 g/mol. The predicted octanol–water partition coefficient (Wildman–Crippen LogP) is 3.49. The van der Waals surface area contributed by atoms with Crippen LogP contribution in [0.3, 0.4) is 0 Å². The van der Waals surface area contributed by atoms with Gasteiger partial charge in [0.15, 0.2) is 0 Å². The van der Waals surface area contributed by atoms with Crippen molar-refractivity contribution in [2.24, 2.45) is 0 Å². The average molecular weight is 430 g/mol. The Bertz CT molecular complexity index is 1350. The number of hydrogen-bond donors (Lipinski definition) is 1. The van der Waals surface area contributed by atoms with Crippen LogP contribution in [0.5, 0.6) is 0 Å². The van der Waals surface area contributed by atoms with E-state index in [-0.39, 0.29) is 23.8 Å². The molecule has 4 aromatic rings. The van der Waals surface area contributed by atoms with Gasteiger partial charge in [-0.2, -0.15) is 5.10 Å². The molecule has 0 fully saturated rings. The lowest BCUT2D eigenvalue weighted by Crippen LogP contribution is -2.24. The molecule has 2 aromatic carbocycles. The van der Waals surface area contributed by atoms with Crippen molar-refractivity contribution < 1.29 is 9.18 Å². The van der Waals surface area contributed by atoms with Gasteiger partial charge < -0.3 is 9.88 Å². The van der Waals surface area contributed by atoms with Gasteiger partial charge in [-0.3, -0.25) is 9.59 Å². The molecule has 1 aliphatic carbocycles. The van der Waals surface area contributed by atoms with Crippen molar-refractivity contribution in [3.63, 3.8) is 0 Å². The van der Waals surface area contributed by atoms with Crippen LogP contribution in [-0.2, 0) is 25.9 Å². The van der Waals surface area contributed by atoms with Crippen molar-refractivity contribution in [3.8, 4) is 0 Å². The number of hydrogen-bond acceptors (Lipinski definition) is 3. The highest BCUT2D eigenvalue weighted by atomic mass is 19.1. The maximum atomic E-state index is 13.7. The maximum absolute atomic E-state index is 13.7. The Hall–Kier alpha value is -3.74. The first kappa shape index (κ1) is 20.2. The number of fused-ring (bicyclic) bond motifs is 3. The Morgan fingerprint density at radius 3 is 2.62 bits per heavy atom.